The van der Waals surface area contributed by atoms with Crippen molar-refractivity contribution in [3.05, 3.63) is 87.4 Å². The number of amides is 1. The van der Waals surface area contributed by atoms with E-state index in [1.54, 1.807) is 18.2 Å². The third kappa shape index (κ3) is 3.85. The van der Waals surface area contributed by atoms with E-state index in [0.717, 1.165) is 4.88 Å². The number of methoxy groups -OCH3 is 2. The van der Waals surface area contributed by atoms with Crippen molar-refractivity contribution in [3.8, 4) is 11.5 Å². The summed E-state index contributed by atoms with van der Waals surface area (Å²) in [6, 6.07) is 13.0. The number of ether oxygens (including phenoxy) is 2. The number of thiophene rings is 1. The highest BCUT2D eigenvalue weighted by molar-refractivity contribution is 7.09. The van der Waals surface area contributed by atoms with Crippen LogP contribution in [0.4, 0.5) is 4.39 Å². The van der Waals surface area contributed by atoms with Crippen LogP contribution in [0, 0.1) is 5.82 Å². The number of aliphatic hydroxyl groups excluding tert-OH is 1. The second-order valence-corrected chi connectivity index (χ2v) is 8.16. The SMILES string of the molecule is COc1ccc(C2/C(=C(/O)c3ccc(F)cc3)C(=O)C(=O)N2Cc2cccs2)cc1OC. The van der Waals surface area contributed by atoms with Crippen molar-refractivity contribution in [2.24, 2.45) is 0 Å². The quantitative estimate of drug-likeness (QED) is 0.337. The largest absolute Gasteiger partial charge is 0.507 e. The maximum atomic E-state index is 13.4. The normalized spacial score (nSPS) is 17.6. The Labute approximate surface area is 188 Å². The average molecular weight is 453 g/mol. The lowest BCUT2D eigenvalue weighted by atomic mass is 9.95. The maximum absolute atomic E-state index is 13.4. The summed E-state index contributed by atoms with van der Waals surface area (Å²) in [4.78, 5) is 28.4. The van der Waals surface area contributed by atoms with Crippen molar-refractivity contribution in [2.45, 2.75) is 12.6 Å². The van der Waals surface area contributed by atoms with E-state index < -0.39 is 23.5 Å². The molecule has 4 rings (SSSR count). The van der Waals surface area contributed by atoms with Gasteiger partial charge in [0.1, 0.15) is 11.6 Å². The zero-order valence-electron chi connectivity index (χ0n) is 17.4. The van der Waals surface area contributed by atoms with Gasteiger partial charge >= 0.3 is 0 Å². The Bertz CT molecular complexity index is 1190. The fourth-order valence-electron chi connectivity index (χ4n) is 3.75. The molecule has 1 N–H and O–H groups in total. The minimum atomic E-state index is -0.859. The van der Waals surface area contributed by atoms with Crippen molar-refractivity contribution in [1.29, 1.82) is 0 Å². The Kier molecular flexibility index (Phi) is 5.96. The molecular weight excluding hydrogens is 433 g/mol. The van der Waals surface area contributed by atoms with Crippen LogP contribution in [0.5, 0.6) is 11.5 Å². The van der Waals surface area contributed by atoms with Crippen LogP contribution in [0.1, 0.15) is 22.0 Å². The lowest BCUT2D eigenvalue weighted by Gasteiger charge is -2.25. The number of carbonyl (C=O) groups is 2. The summed E-state index contributed by atoms with van der Waals surface area (Å²) in [5.74, 6) is -1.45. The van der Waals surface area contributed by atoms with Gasteiger partial charge in [-0.3, -0.25) is 9.59 Å². The van der Waals surface area contributed by atoms with Crippen molar-refractivity contribution >= 4 is 28.8 Å². The molecule has 1 fully saturated rings. The van der Waals surface area contributed by atoms with Crippen LogP contribution >= 0.6 is 11.3 Å². The smallest absolute Gasteiger partial charge is 0.295 e. The molecule has 0 radical (unpaired) electrons. The number of benzene rings is 2. The van der Waals surface area contributed by atoms with Gasteiger partial charge in [-0.1, -0.05) is 12.1 Å². The summed E-state index contributed by atoms with van der Waals surface area (Å²) in [6.07, 6.45) is 0. The molecule has 164 valence electrons. The highest BCUT2D eigenvalue weighted by atomic mass is 32.1. The van der Waals surface area contributed by atoms with E-state index in [9.17, 15) is 19.1 Å². The monoisotopic (exact) mass is 453 g/mol. The number of carbonyl (C=O) groups excluding carboxylic acids is 2. The number of ketones is 1. The van der Waals surface area contributed by atoms with Crippen LogP contribution in [0.15, 0.2) is 65.6 Å². The zero-order valence-corrected chi connectivity index (χ0v) is 18.2. The molecule has 2 aromatic carbocycles. The Morgan fingerprint density at radius 2 is 1.78 bits per heavy atom. The van der Waals surface area contributed by atoms with Crippen molar-refractivity contribution < 1.29 is 28.6 Å². The van der Waals surface area contributed by atoms with Gasteiger partial charge in [-0.2, -0.15) is 0 Å². The summed E-state index contributed by atoms with van der Waals surface area (Å²) in [7, 11) is 3.00. The predicted molar refractivity (Wildman–Crippen MR) is 118 cm³/mol. The van der Waals surface area contributed by atoms with E-state index in [1.807, 2.05) is 17.5 Å². The van der Waals surface area contributed by atoms with E-state index in [0.29, 0.717) is 17.1 Å². The molecule has 8 heteroatoms. The molecule has 6 nitrogen and oxygen atoms in total. The van der Waals surface area contributed by atoms with Crippen LogP contribution in [-0.2, 0) is 16.1 Å². The van der Waals surface area contributed by atoms with E-state index in [2.05, 4.69) is 0 Å². The Morgan fingerprint density at radius 3 is 2.41 bits per heavy atom. The molecule has 1 aromatic heterocycles. The fourth-order valence-corrected chi connectivity index (χ4v) is 4.45. The number of hydrogen-bond donors (Lipinski definition) is 1. The minimum absolute atomic E-state index is 0.0645. The van der Waals surface area contributed by atoms with E-state index in [1.165, 1.54) is 54.7 Å². The van der Waals surface area contributed by atoms with Gasteiger partial charge in [0.25, 0.3) is 11.7 Å². The molecular formula is C24H20FNO5S. The Morgan fingerprint density at radius 1 is 1.06 bits per heavy atom. The van der Waals surface area contributed by atoms with Crippen LogP contribution in [0.2, 0.25) is 0 Å². The Balaban J connectivity index is 1.89. The third-order valence-corrected chi connectivity index (χ3v) is 6.15. The minimum Gasteiger partial charge on any atom is -0.507 e. The number of nitrogens with zero attached hydrogens (tertiary/aromatic N) is 1. The molecule has 0 spiro atoms. The van der Waals surface area contributed by atoms with Crippen molar-refractivity contribution in [1.82, 2.24) is 4.90 Å². The molecule has 1 atom stereocenters. The summed E-state index contributed by atoms with van der Waals surface area (Å²) in [6.45, 7) is 0.196. The summed E-state index contributed by atoms with van der Waals surface area (Å²) < 4.78 is 24.1. The van der Waals surface area contributed by atoms with E-state index >= 15 is 0 Å². The highest BCUT2D eigenvalue weighted by Crippen LogP contribution is 2.42. The van der Waals surface area contributed by atoms with Gasteiger partial charge in [-0.25, -0.2) is 4.39 Å². The summed E-state index contributed by atoms with van der Waals surface area (Å²) in [5, 5.41) is 12.9. The average Bonchev–Trinajstić information content (AvgIpc) is 3.41. The molecule has 1 unspecified atom stereocenters. The molecule has 0 aliphatic carbocycles. The van der Waals surface area contributed by atoms with E-state index in [4.69, 9.17) is 9.47 Å². The van der Waals surface area contributed by atoms with Gasteiger partial charge in [-0.05, 0) is 53.4 Å². The van der Waals surface area contributed by atoms with Gasteiger partial charge in [0.05, 0.1) is 32.4 Å². The molecule has 3 aromatic rings. The third-order valence-electron chi connectivity index (χ3n) is 5.29. The van der Waals surface area contributed by atoms with Crippen LogP contribution in [0.25, 0.3) is 5.76 Å². The highest BCUT2D eigenvalue weighted by Gasteiger charge is 2.46. The molecule has 1 aliphatic heterocycles. The van der Waals surface area contributed by atoms with Crippen molar-refractivity contribution in [3.63, 3.8) is 0 Å². The van der Waals surface area contributed by atoms with Gasteiger partial charge in [0, 0.05) is 10.4 Å². The zero-order chi connectivity index (χ0) is 22.8. The number of hydrogen-bond acceptors (Lipinski definition) is 6. The first-order chi connectivity index (χ1) is 15.4. The molecule has 1 aliphatic rings. The number of halogens is 1. The second-order valence-electron chi connectivity index (χ2n) is 7.13. The van der Waals surface area contributed by atoms with Crippen molar-refractivity contribution in [2.75, 3.05) is 14.2 Å². The Hall–Kier alpha value is -3.65. The topological polar surface area (TPSA) is 76.1 Å². The molecule has 2 heterocycles. The fraction of sp³-hybridized carbons (Fsp3) is 0.167. The summed E-state index contributed by atoms with van der Waals surface area (Å²) >= 11 is 1.46. The van der Waals surface area contributed by atoms with Gasteiger partial charge in [0.2, 0.25) is 0 Å². The second kappa shape index (κ2) is 8.84. The standard InChI is InChI=1S/C24H20FNO5S/c1-30-18-10-7-15(12-19(18)31-2)21-20(22(27)14-5-8-16(25)9-6-14)23(28)24(29)26(21)13-17-4-3-11-32-17/h3-12,21,27H,13H2,1-2H3/b22-20-. The molecule has 0 saturated carbocycles. The molecule has 1 amide bonds. The maximum Gasteiger partial charge on any atom is 0.295 e. The predicted octanol–water partition coefficient (Wildman–Crippen LogP) is 4.53. The van der Waals surface area contributed by atoms with E-state index in [-0.39, 0.29) is 23.4 Å². The molecule has 0 bridgehead atoms. The molecule has 32 heavy (non-hydrogen) atoms. The lowest BCUT2D eigenvalue weighted by molar-refractivity contribution is -0.140. The summed E-state index contributed by atoms with van der Waals surface area (Å²) in [5.41, 5.74) is 0.749. The first-order valence-corrected chi connectivity index (χ1v) is 10.6. The molecule has 1 saturated heterocycles. The first-order valence-electron chi connectivity index (χ1n) is 9.73. The van der Waals surface area contributed by atoms with Gasteiger partial charge < -0.3 is 19.5 Å². The number of aliphatic hydroxyl groups is 1. The van der Waals surface area contributed by atoms with Crippen LogP contribution in [-0.4, -0.2) is 35.9 Å². The first kappa shape index (κ1) is 21.6. The lowest BCUT2D eigenvalue weighted by Crippen LogP contribution is -2.28. The van der Waals surface area contributed by atoms with Gasteiger partial charge in [-0.15, -0.1) is 11.3 Å². The number of rotatable bonds is 6. The number of likely N-dealkylation sites (tertiary alicyclic amines) is 1. The number of Topliss-reactive ketones (excluding diaryl/α,β-unsaturated/α-hetero) is 1. The van der Waals surface area contributed by atoms with Gasteiger partial charge in [0.15, 0.2) is 11.5 Å². The van der Waals surface area contributed by atoms with Crippen LogP contribution < -0.4 is 9.47 Å². The van der Waals surface area contributed by atoms with Crippen LogP contribution in [0.3, 0.4) is 0 Å².